The van der Waals surface area contributed by atoms with Crippen LogP contribution in [-0.2, 0) is 28.7 Å². The average Bonchev–Trinajstić information content (AvgIpc) is 3.04. The van der Waals surface area contributed by atoms with E-state index in [2.05, 4.69) is 0 Å². The second-order valence-electron chi connectivity index (χ2n) is 11.4. The minimum atomic E-state index is -1.54. The van der Waals surface area contributed by atoms with E-state index < -0.39 is 46.9 Å². The molecule has 0 amide bonds. The maximum absolute atomic E-state index is 13.9. The molecule has 0 heterocycles. The van der Waals surface area contributed by atoms with E-state index in [1.54, 1.807) is 26.0 Å². The topological polar surface area (TPSA) is 107 Å². The molecule has 0 aromatic rings. The average molecular weight is 521 g/mol. The molecule has 0 radical (unpaired) electrons. The van der Waals surface area contributed by atoms with E-state index in [1.807, 2.05) is 26.8 Å². The number of aliphatic hydroxyl groups is 1. The van der Waals surface area contributed by atoms with Crippen molar-refractivity contribution in [1.82, 2.24) is 0 Å². The summed E-state index contributed by atoms with van der Waals surface area (Å²) in [6.45, 7) is 8.69. The van der Waals surface area contributed by atoms with Gasteiger partial charge in [0.25, 0.3) is 0 Å². The third-order valence-electron chi connectivity index (χ3n) is 9.65. The Hall–Kier alpha value is -1.99. The largest absolute Gasteiger partial charge is 0.457 e. The lowest BCUT2D eigenvalue weighted by atomic mass is 9.46. The Morgan fingerprint density at radius 2 is 1.83 bits per heavy atom. The fourth-order valence-electron chi connectivity index (χ4n) is 8.04. The van der Waals surface area contributed by atoms with E-state index in [0.717, 1.165) is 5.57 Å². The number of hydrogen-bond donors (Lipinski definition) is 1. The van der Waals surface area contributed by atoms with Crippen molar-refractivity contribution in [2.45, 2.75) is 83.8 Å². The van der Waals surface area contributed by atoms with Crippen LogP contribution in [-0.4, -0.2) is 52.3 Å². The zero-order valence-corrected chi connectivity index (χ0v) is 22.5. The minimum absolute atomic E-state index is 0.0767. The lowest BCUT2D eigenvalue weighted by Gasteiger charge is -2.61. The lowest BCUT2D eigenvalue weighted by molar-refractivity contribution is -0.205. The number of Topliss-reactive ketones (excluding diaryl/α,β-unsaturated/α-hetero) is 1. The van der Waals surface area contributed by atoms with Crippen LogP contribution in [0.2, 0.25) is 0 Å². The van der Waals surface area contributed by atoms with Crippen molar-refractivity contribution in [3.05, 3.63) is 23.8 Å². The quantitative estimate of drug-likeness (QED) is 0.417. The minimum Gasteiger partial charge on any atom is -0.457 e. The number of aliphatic hydroxyl groups excluding tert-OH is 1. The predicted octanol–water partition coefficient (Wildman–Crippen LogP) is 3.94. The standard InChI is InChI=1S/C28H37ClO7/c1-6-22(33)35-14-21(32)28(36-23(34)7-2)15(3)10-18-24-19(29)12-16-11-17(30)8-9-26(16,4)25(24)20(31)13-27(18,28)5/h8-9,11,15,18-20,24-25,31H,6-7,10,12-14H2,1-5H3/t15-,18+,19-,20+,24-,25?,26+,27+,28+/m1/s1. The monoisotopic (exact) mass is 520 g/mol. The number of carbonyl (C=O) groups is 4. The summed E-state index contributed by atoms with van der Waals surface area (Å²) in [7, 11) is 0. The van der Waals surface area contributed by atoms with Crippen LogP contribution >= 0.6 is 11.6 Å². The molecule has 1 N–H and O–H groups in total. The van der Waals surface area contributed by atoms with Crippen molar-refractivity contribution in [1.29, 1.82) is 0 Å². The van der Waals surface area contributed by atoms with Crippen LogP contribution in [0.25, 0.3) is 0 Å². The molecule has 9 atom stereocenters. The molecule has 4 aliphatic rings. The van der Waals surface area contributed by atoms with Crippen molar-refractivity contribution in [3.63, 3.8) is 0 Å². The molecule has 0 aromatic carbocycles. The first-order valence-electron chi connectivity index (χ1n) is 13.0. The zero-order valence-electron chi connectivity index (χ0n) is 21.7. The highest BCUT2D eigenvalue weighted by atomic mass is 35.5. The Morgan fingerprint density at radius 3 is 2.47 bits per heavy atom. The number of ketones is 2. The van der Waals surface area contributed by atoms with E-state index in [4.69, 9.17) is 21.1 Å². The molecular weight excluding hydrogens is 484 g/mol. The van der Waals surface area contributed by atoms with Crippen LogP contribution in [0.4, 0.5) is 0 Å². The molecule has 0 aliphatic heterocycles. The van der Waals surface area contributed by atoms with Crippen LogP contribution in [0.15, 0.2) is 23.8 Å². The smallest absolute Gasteiger partial charge is 0.306 e. The number of halogens is 1. The van der Waals surface area contributed by atoms with E-state index in [0.29, 0.717) is 12.8 Å². The molecule has 4 aliphatic carbocycles. The normalized spacial score (nSPS) is 43.1. The Bertz CT molecular complexity index is 1030. The number of ether oxygens (including phenoxy) is 2. The van der Waals surface area contributed by atoms with Gasteiger partial charge in [0.15, 0.2) is 18.0 Å². The highest BCUT2D eigenvalue weighted by Gasteiger charge is 2.73. The van der Waals surface area contributed by atoms with Crippen molar-refractivity contribution in [3.8, 4) is 0 Å². The molecule has 8 heteroatoms. The summed E-state index contributed by atoms with van der Waals surface area (Å²) in [6, 6.07) is 0. The lowest BCUT2D eigenvalue weighted by Crippen LogP contribution is -2.65. The van der Waals surface area contributed by atoms with Crippen molar-refractivity contribution >= 4 is 35.1 Å². The van der Waals surface area contributed by atoms with Crippen LogP contribution in [0, 0.1) is 34.5 Å². The molecular formula is C28H37ClO7. The van der Waals surface area contributed by atoms with Gasteiger partial charge in [-0.05, 0) is 43.3 Å². The summed E-state index contributed by atoms with van der Waals surface area (Å²) in [6.07, 6.45) is 5.79. The van der Waals surface area contributed by atoms with Gasteiger partial charge >= 0.3 is 11.9 Å². The Balaban J connectivity index is 1.79. The van der Waals surface area contributed by atoms with Gasteiger partial charge in [0.2, 0.25) is 5.78 Å². The SMILES string of the molecule is CCC(=O)OCC(=O)[C@@]1(OC(=O)CC)[C@H](C)C[C@H]2[C@H]3C([C@@H](O)C[C@@]21C)[C@@]1(C)C=CC(=O)C=C1C[C@H]3Cl. The van der Waals surface area contributed by atoms with Crippen LogP contribution < -0.4 is 0 Å². The van der Waals surface area contributed by atoms with Gasteiger partial charge in [-0.1, -0.05) is 46.3 Å². The number of rotatable bonds is 6. The molecule has 0 aromatic heterocycles. The highest BCUT2D eigenvalue weighted by Crippen LogP contribution is 2.69. The fraction of sp³-hybridized carbons (Fsp3) is 0.714. The maximum atomic E-state index is 13.9. The van der Waals surface area contributed by atoms with E-state index in [-0.39, 0.29) is 54.1 Å². The second kappa shape index (κ2) is 9.39. The van der Waals surface area contributed by atoms with Crippen LogP contribution in [0.5, 0.6) is 0 Å². The first-order chi connectivity index (χ1) is 16.9. The molecule has 3 fully saturated rings. The number of hydrogen-bond acceptors (Lipinski definition) is 7. The summed E-state index contributed by atoms with van der Waals surface area (Å²) >= 11 is 7.04. The van der Waals surface area contributed by atoms with Gasteiger partial charge in [0.1, 0.15) is 0 Å². The molecule has 36 heavy (non-hydrogen) atoms. The predicted molar refractivity (Wildman–Crippen MR) is 133 cm³/mol. The molecule has 198 valence electrons. The molecule has 1 unspecified atom stereocenters. The van der Waals surface area contributed by atoms with Gasteiger partial charge in [0.05, 0.1) is 6.10 Å². The van der Waals surface area contributed by atoms with Crippen molar-refractivity contribution < 1.29 is 33.8 Å². The number of alkyl halides is 1. The van der Waals surface area contributed by atoms with E-state index in [9.17, 15) is 24.3 Å². The summed E-state index contributed by atoms with van der Waals surface area (Å²) in [5, 5.41) is 11.4. The van der Waals surface area contributed by atoms with Crippen LogP contribution in [0.1, 0.15) is 66.7 Å². The van der Waals surface area contributed by atoms with Gasteiger partial charge in [0, 0.05) is 40.9 Å². The molecule has 0 spiro atoms. The van der Waals surface area contributed by atoms with Gasteiger partial charge in [-0.3, -0.25) is 19.2 Å². The fourth-order valence-corrected chi connectivity index (χ4v) is 8.54. The Labute approximate surface area is 217 Å². The van der Waals surface area contributed by atoms with Gasteiger partial charge < -0.3 is 14.6 Å². The number of allylic oxidation sites excluding steroid dienone is 4. The van der Waals surface area contributed by atoms with E-state index in [1.165, 1.54) is 0 Å². The van der Waals surface area contributed by atoms with Gasteiger partial charge in [-0.25, -0.2) is 0 Å². The van der Waals surface area contributed by atoms with E-state index >= 15 is 0 Å². The summed E-state index contributed by atoms with van der Waals surface area (Å²) in [5.74, 6) is -2.44. The number of esters is 2. The first-order valence-corrected chi connectivity index (χ1v) is 13.5. The molecule has 0 saturated heterocycles. The summed E-state index contributed by atoms with van der Waals surface area (Å²) in [4.78, 5) is 50.5. The molecule has 0 bridgehead atoms. The highest BCUT2D eigenvalue weighted by molar-refractivity contribution is 6.21. The first kappa shape index (κ1) is 27.1. The van der Waals surface area contributed by atoms with Crippen molar-refractivity contribution in [2.24, 2.45) is 34.5 Å². The molecule has 3 saturated carbocycles. The van der Waals surface area contributed by atoms with Crippen molar-refractivity contribution in [2.75, 3.05) is 6.61 Å². The Kier molecular flexibility index (Phi) is 7.06. The van der Waals surface area contributed by atoms with Gasteiger partial charge in [-0.2, -0.15) is 0 Å². The third kappa shape index (κ3) is 3.80. The Morgan fingerprint density at radius 1 is 1.17 bits per heavy atom. The number of carbonyl (C=O) groups excluding carboxylic acids is 4. The zero-order chi connectivity index (χ0) is 26.6. The van der Waals surface area contributed by atoms with Crippen LogP contribution in [0.3, 0.4) is 0 Å². The second-order valence-corrected chi connectivity index (χ2v) is 12.0. The summed E-state index contributed by atoms with van der Waals surface area (Å²) < 4.78 is 11.3. The maximum Gasteiger partial charge on any atom is 0.306 e. The third-order valence-corrected chi connectivity index (χ3v) is 10.1. The van der Waals surface area contributed by atoms with Gasteiger partial charge in [-0.15, -0.1) is 11.6 Å². The molecule has 7 nitrogen and oxygen atoms in total. The summed E-state index contributed by atoms with van der Waals surface area (Å²) in [5.41, 5.74) is -2.06. The molecule has 4 rings (SSSR count). The number of fused-ring (bicyclic) bond motifs is 5.